The van der Waals surface area contributed by atoms with Crippen molar-refractivity contribution in [1.29, 1.82) is 0 Å². The van der Waals surface area contributed by atoms with Crippen molar-refractivity contribution in [1.82, 2.24) is 39.6 Å². The molecule has 0 aliphatic carbocycles. The van der Waals surface area contributed by atoms with E-state index in [2.05, 4.69) is 65.0 Å². The van der Waals surface area contributed by atoms with E-state index in [1.54, 1.807) is 16.8 Å². The van der Waals surface area contributed by atoms with Gasteiger partial charge in [0.15, 0.2) is 22.9 Å². The maximum absolute atomic E-state index is 10.6. The number of aryl methyl sites for hydroxylation is 1. The summed E-state index contributed by atoms with van der Waals surface area (Å²) in [5.74, 6) is 1.58. The largest absolute Gasteiger partial charge is 0.279 e. The Labute approximate surface area is 210 Å². The highest BCUT2D eigenvalue weighted by atomic mass is 35.5. The lowest BCUT2D eigenvalue weighted by Crippen LogP contribution is -2.13. The number of fused-ring (bicyclic) bond motifs is 2. The number of rotatable bonds is 3. The first-order valence-electron chi connectivity index (χ1n) is 10.9. The highest BCUT2D eigenvalue weighted by Gasteiger charge is 2.24. The van der Waals surface area contributed by atoms with Gasteiger partial charge >= 0.3 is 0 Å². The molecule has 35 heavy (non-hydrogen) atoms. The highest BCUT2D eigenvalue weighted by Crippen LogP contribution is 2.31. The van der Waals surface area contributed by atoms with Crippen LogP contribution in [0.3, 0.4) is 0 Å². The van der Waals surface area contributed by atoms with Crippen LogP contribution in [0.4, 0.5) is 5.69 Å². The Bertz CT molecular complexity index is 1520. The number of aromatic nitrogens is 8. The molecule has 0 aliphatic heterocycles. The molecule has 184 valence electrons. The number of non-ortho nitro benzene ring substituents is 1. The summed E-state index contributed by atoms with van der Waals surface area (Å²) >= 11 is 12.4. The van der Waals surface area contributed by atoms with Crippen molar-refractivity contribution in [3.05, 3.63) is 61.6 Å². The molecule has 2 N–H and O–H groups in total. The van der Waals surface area contributed by atoms with Crippen molar-refractivity contribution in [2.45, 2.75) is 52.9 Å². The number of hydrogen-bond donors (Lipinski definition) is 2. The molecule has 0 atom stereocenters. The Morgan fingerprint density at radius 3 is 2.09 bits per heavy atom. The molecular weight excluding hydrogens is 493 g/mol. The second-order valence-corrected chi connectivity index (χ2v) is 10.2. The third-order valence-electron chi connectivity index (χ3n) is 5.27. The number of H-pyrrole nitrogens is 2. The van der Waals surface area contributed by atoms with Crippen molar-refractivity contribution in [2.24, 2.45) is 0 Å². The Morgan fingerprint density at radius 2 is 1.57 bits per heavy atom. The Balaban J connectivity index is 0.000000168. The summed E-state index contributed by atoms with van der Waals surface area (Å²) in [6, 6.07) is 6.04. The standard InChI is InChI=1S/C11H8ClN5O2.C11H17ClN4/c1-6-9(12)11-13-10(15-16(11)14-6)7-2-4-8(5-3-7)17(18)19;1-6(2)9-13-10-7(12)8(11(3,4)5)14-16(10)15-9/h2-5,14H,1H3;6,14H,1-5H3. The van der Waals surface area contributed by atoms with Crippen LogP contribution in [0.2, 0.25) is 10.0 Å². The summed E-state index contributed by atoms with van der Waals surface area (Å²) < 4.78 is 3.15. The molecule has 0 spiro atoms. The van der Waals surface area contributed by atoms with Crippen LogP contribution in [0.1, 0.15) is 57.7 Å². The first-order valence-corrected chi connectivity index (χ1v) is 11.6. The number of hydrogen-bond acceptors (Lipinski definition) is 6. The molecule has 0 aliphatic rings. The lowest BCUT2D eigenvalue weighted by Gasteiger charge is -2.16. The molecule has 0 bridgehead atoms. The highest BCUT2D eigenvalue weighted by molar-refractivity contribution is 6.34. The van der Waals surface area contributed by atoms with Crippen LogP contribution in [0, 0.1) is 17.0 Å². The van der Waals surface area contributed by atoms with Gasteiger partial charge in [0.1, 0.15) is 10.0 Å². The molecule has 0 amide bonds. The molecule has 1 aromatic carbocycles. The number of nitro benzene ring substituents is 1. The molecule has 0 saturated carbocycles. The molecule has 4 aromatic heterocycles. The smallest absolute Gasteiger partial charge is 0.269 e. The molecule has 5 aromatic rings. The van der Waals surface area contributed by atoms with E-state index in [4.69, 9.17) is 23.2 Å². The van der Waals surface area contributed by atoms with Gasteiger partial charge in [-0.1, -0.05) is 57.8 Å². The van der Waals surface area contributed by atoms with Crippen LogP contribution in [0.5, 0.6) is 0 Å². The van der Waals surface area contributed by atoms with Crippen molar-refractivity contribution < 1.29 is 4.92 Å². The molecule has 4 heterocycles. The van der Waals surface area contributed by atoms with E-state index in [0.717, 1.165) is 22.9 Å². The molecule has 11 nitrogen and oxygen atoms in total. The van der Waals surface area contributed by atoms with Crippen molar-refractivity contribution in [2.75, 3.05) is 0 Å². The zero-order valence-corrected chi connectivity index (χ0v) is 21.6. The van der Waals surface area contributed by atoms with Gasteiger partial charge in [-0.2, -0.15) is 9.26 Å². The monoisotopic (exact) mass is 517 g/mol. The molecule has 0 fully saturated rings. The van der Waals surface area contributed by atoms with Gasteiger partial charge in [0.2, 0.25) is 0 Å². The Hall–Kier alpha value is -3.44. The molecular formula is C22H25Cl2N9O2. The number of halogens is 2. The maximum atomic E-state index is 10.6. The van der Waals surface area contributed by atoms with Crippen molar-refractivity contribution >= 4 is 40.2 Å². The van der Waals surface area contributed by atoms with Gasteiger partial charge < -0.3 is 0 Å². The lowest BCUT2D eigenvalue weighted by atomic mass is 9.92. The first kappa shape index (κ1) is 24.7. The van der Waals surface area contributed by atoms with E-state index < -0.39 is 4.92 Å². The predicted octanol–water partition coefficient (Wildman–Crippen LogP) is 5.73. The lowest BCUT2D eigenvalue weighted by molar-refractivity contribution is -0.384. The average Bonchev–Trinajstić information content (AvgIpc) is 3.52. The van der Waals surface area contributed by atoms with Gasteiger partial charge in [-0.3, -0.25) is 20.3 Å². The van der Waals surface area contributed by atoms with Gasteiger partial charge in [0, 0.05) is 29.0 Å². The van der Waals surface area contributed by atoms with E-state index in [1.807, 2.05) is 6.92 Å². The summed E-state index contributed by atoms with van der Waals surface area (Å²) in [7, 11) is 0. The van der Waals surface area contributed by atoms with E-state index in [-0.39, 0.29) is 11.1 Å². The van der Waals surface area contributed by atoms with Crippen LogP contribution >= 0.6 is 23.2 Å². The van der Waals surface area contributed by atoms with Gasteiger partial charge in [-0.15, -0.1) is 10.2 Å². The van der Waals surface area contributed by atoms with E-state index in [1.165, 1.54) is 16.8 Å². The fourth-order valence-electron chi connectivity index (χ4n) is 3.32. The number of nitro groups is 1. The minimum absolute atomic E-state index is 0.0300. The quantitative estimate of drug-likeness (QED) is 0.231. The summed E-state index contributed by atoms with van der Waals surface area (Å²) in [6.07, 6.45) is 0. The molecule has 5 rings (SSSR count). The van der Waals surface area contributed by atoms with Gasteiger partial charge in [0.05, 0.1) is 16.3 Å². The molecule has 0 unspecified atom stereocenters. The summed E-state index contributed by atoms with van der Waals surface area (Å²) in [5.41, 5.74) is 3.70. The van der Waals surface area contributed by atoms with Crippen LogP contribution in [0.25, 0.3) is 22.7 Å². The fourth-order valence-corrected chi connectivity index (χ4v) is 3.93. The maximum Gasteiger partial charge on any atom is 0.269 e. The normalized spacial score (nSPS) is 11.9. The Kier molecular flexibility index (Phi) is 6.32. The average molecular weight is 518 g/mol. The number of benzene rings is 1. The topological polar surface area (TPSA) is 135 Å². The predicted molar refractivity (Wildman–Crippen MR) is 134 cm³/mol. The SMILES string of the molecule is CC(C)c1nc2c(Cl)c(C(C)(C)C)[nH]n2n1.Cc1[nH]n2nc(-c3ccc([N+](=O)[O-])cc3)nc2c1Cl. The molecule has 0 saturated heterocycles. The third-order valence-corrected chi connectivity index (χ3v) is 6.08. The van der Waals surface area contributed by atoms with Crippen LogP contribution < -0.4 is 0 Å². The Morgan fingerprint density at radius 1 is 0.971 bits per heavy atom. The van der Waals surface area contributed by atoms with Crippen molar-refractivity contribution in [3.8, 4) is 11.4 Å². The van der Waals surface area contributed by atoms with Gasteiger partial charge in [-0.25, -0.2) is 9.97 Å². The summed E-state index contributed by atoms with van der Waals surface area (Å²) in [6.45, 7) is 12.3. The zero-order valence-electron chi connectivity index (χ0n) is 20.1. The summed E-state index contributed by atoms with van der Waals surface area (Å²) in [5, 5.41) is 26.5. The fraction of sp³-hybridized carbons (Fsp3) is 0.364. The first-order chi connectivity index (χ1) is 16.4. The zero-order chi connectivity index (χ0) is 25.7. The third kappa shape index (κ3) is 4.73. The van der Waals surface area contributed by atoms with Crippen LogP contribution in [0.15, 0.2) is 24.3 Å². The van der Waals surface area contributed by atoms with Crippen LogP contribution in [-0.4, -0.2) is 44.5 Å². The number of aromatic amines is 2. The number of nitrogens with one attached hydrogen (secondary N) is 2. The number of nitrogens with zero attached hydrogens (tertiary/aromatic N) is 7. The second kappa shape index (κ2) is 8.97. The minimum Gasteiger partial charge on any atom is -0.279 e. The molecule has 0 radical (unpaired) electrons. The van der Waals surface area contributed by atoms with E-state index >= 15 is 0 Å². The van der Waals surface area contributed by atoms with E-state index in [9.17, 15) is 10.1 Å². The second-order valence-electron chi connectivity index (χ2n) is 9.44. The van der Waals surface area contributed by atoms with Crippen LogP contribution in [-0.2, 0) is 5.41 Å². The minimum atomic E-state index is -0.450. The molecule has 13 heteroatoms. The van der Waals surface area contributed by atoms with Gasteiger partial charge in [0.25, 0.3) is 5.69 Å². The summed E-state index contributed by atoms with van der Waals surface area (Å²) in [4.78, 5) is 18.9. The van der Waals surface area contributed by atoms with Gasteiger partial charge in [-0.05, 0) is 19.1 Å². The van der Waals surface area contributed by atoms with Crippen molar-refractivity contribution in [3.63, 3.8) is 0 Å². The van der Waals surface area contributed by atoms with E-state index in [0.29, 0.717) is 33.0 Å².